The Morgan fingerprint density at radius 3 is 2.84 bits per heavy atom. The smallest absolute Gasteiger partial charge is 0.216 e. The SMILES string of the molecule is CCCCOc1ccc(/C=N\n2cn[nH]c2=S)cc1. The molecule has 0 spiro atoms. The van der Waals surface area contributed by atoms with Gasteiger partial charge in [-0.15, -0.1) is 0 Å². The second-order valence-corrected chi connectivity index (χ2v) is 4.41. The van der Waals surface area contributed by atoms with E-state index in [0.29, 0.717) is 4.77 Å². The van der Waals surface area contributed by atoms with Crippen LogP contribution in [0.25, 0.3) is 0 Å². The summed E-state index contributed by atoms with van der Waals surface area (Å²) in [6, 6.07) is 7.78. The Morgan fingerprint density at radius 2 is 2.21 bits per heavy atom. The summed E-state index contributed by atoms with van der Waals surface area (Å²) < 4.78 is 7.56. The molecule has 1 heterocycles. The molecule has 0 atom stereocenters. The number of aromatic nitrogens is 3. The zero-order valence-corrected chi connectivity index (χ0v) is 11.6. The summed E-state index contributed by atoms with van der Waals surface area (Å²) in [6.07, 6.45) is 5.46. The van der Waals surface area contributed by atoms with Crippen LogP contribution in [0.15, 0.2) is 35.7 Å². The molecule has 0 bridgehead atoms. The van der Waals surface area contributed by atoms with Crippen molar-refractivity contribution in [1.82, 2.24) is 14.9 Å². The number of nitrogens with zero attached hydrogens (tertiary/aromatic N) is 3. The number of unbranched alkanes of at least 4 members (excludes halogenated alkanes) is 1. The van der Waals surface area contributed by atoms with E-state index in [9.17, 15) is 0 Å². The molecular weight excluding hydrogens is 260 g/mol. The Morgan fingerprint density at radius 1 is 1.42 bits per heavy atom. The van der Waals surface area contributed by atoms with E-state index in [1.165, 1.54) is 11.0 Å². The topological polar surface area (TPSA) is 55.2 Å². The summed E-state index contributed by atoms with van der Waals surface area (Å²) in [7, 11) is 0. The van der Waals surface area contributed by atoms with Gasteiger partial charge in [-0.2, -0.15) is 14.9 Å². The first-order valence-electron chi connectivity index (χ1n) is 6.19. The van der Waals surface area contributed by atoms with Crippen LogP contribution in [-0.4, -0.2) is 27.7 Å². The van der Waals surface area contributed by atoms with E-state index in [1.54, 1.807) is 6.21 Å². The van der Waals surface area contributed by atoms with E-state index in [4.69, 9.17) is 17.0 Å². The van der Waals surface area contributed by atoms with Crippen LogP contribution in [0.5, 0.6) is 5.75 Å². The number of aromatic amines is 1. The molecule has 0 amide bonds. The molecule has 0 aliphatic heterocycles. The Kier molecular flexibility index (Phi) is 4.85. The highest BCUT2D eigenvalue weighted by atomic mass is 32.1. The van der Waals surface area contributed by atoms with Crippen LogP contribution >= 0.6 is 12.2 Å². The van der Waals surface area contributed by atoms with Crippen LogP contribution in [0.3, 0.4) is 0 Å². The van der Waals surface area contributed by atoms with Crippen molar-refractivity contribution in [2.24, 2.45) is 5.10 Å². The number of hydrogen-bond acceptors (Lipinski definition) is 4. The molecule has 0 radical (unpaired) electrons. The lowest BCUT2D eigenvalue weighted by atomic mass is 10.2. The molecule has 19 heavy (non-hydrogen) atoms. The number of H-pyrrole nitrogens is 1. The molecule has 0 saturated carbocycles. The molecule has 1 N–H and O–H groups in total. The molecule has 1 aromatic carbocycles. The minimum Gasteiger partial charge on any atom is -0.494 e. The van der Waals surface area contributed by atoms with E-state index in [-0.39, 0.29) is 0 Å². The van der Waals surface area contributed by atoms with Crippen LogP contribution < -0.4 is 4.74 Å². The summed E-state index contributed by atoms with van der Waals surface area (Å²) in [5.41, 5.74) is 0.978. The Labute approximate surface area is 116 Å². The van der Waals surface area contributed by atoms with E-state index >= 15 is 0 Å². The van der Waals surface area contributed by atoms with Crippen molar-refractivity contribution in [1.29, 1.82) is 0 Å². The van der Waals surface area contributed by atoms with Gasteiger partial charge in [0.2, 0.25) is 4.77 Å². The highest BCUT2D eigenvalue weighted by molar-refractivity contribution is 7.71. The standard InChI is InChI=1S/C13H16N4OS/c1-2-3-8-18-12-6-4-11(5-7-12)9-15-17-10-14-16-13(17)19/h4-7,9-10H,2-3,8H2,1H3,(H,16,19)/b15-9-. The minimum atomic E-state index is 0.468. The van der Waals surface area contributed by atoms with Gasteiger partial charge in [0.15, 0.2) is 0 Å². The Hall–Kier alpha value is -1.95. The van der Waals surface area contributed by atoms with Crippen LogP contribution in [-0.2, 0) is 0 Å². The normalized spacial score (nSPS) is 11.0. The molecule has 0 saturated heterocycles. The van der Waals surface area contributed by atoms with Crippen molar-refractivity contribution in [3.8, 4) is 5.75 Å². The molecule has 0 fully saturated rings. The first-order chi connectivity index (χ1) is 9.29. The third-order valence-electron chi connectivity index (χ3n) is 2.51. The van der Waals surface area contributed by atoms with Gasteiger partial charge in [0, 0.05) is 0 Å². The quantitative estimate of drug-likeness (QED) is 0.501. The highest BCUT2D eigenvalue weighted by Gasteiger charge is 1.94. The average molecular weight is 276 g/mol. The fourth-order valence-electron chi connectivity index (χ4n) is 1.44. The molecular formula is C13H16N4OS. The molecule has 0 aliphatic rings. The van der Waals surface area contributed by atoms with E-state index < -0.39 is 0 Å². The zero-order chi connectivity index (χ0) is 13.5. The summed E-state index contributed by atoms with van der Waals surface area (Å²) in [5, 5.41) is 10.6. The lowest BCUT2D eigenvalue weighted by Gasteiger charge is -2.04. The lowest BCUT2D eigenvalue weighted by molar-refractivity contribution is 0.309. The van der Waals surface area contributed by atoms with Gasteiger partial charge >= 0.3 is 0 Å². The third-order valence-corrected chi connectivity index (χ3v) is 2.79. The van der Waals surface area contributed by atoms with E-state index in [0.717, 1.165) is 30.8 Å². The van der Waals surface area contributed by atoms with Crippen molar-refractivity contribution < 1.29 is 4.74 Å². The van der Waals surface area contributed by atoms with Crippen molar-refractivity contribution in [2.75, 3.05) is 6.61 Å². The molecule has 2 aromatic rings. The molecule has 0 unspecified atom stereocenters. The van der Waals surface area contributed by atoms with Crippen molar-refractivity contribution in [3.05, 3.63) is 40.9 Å². The second kappa shape index (κ2) is 6.84. The maximum absolute atomic E-state index is 5.59. The molecule has 5 nitrogen and oxygen atoms in total. The monoisotopic (exact) mass is 276 g/mol. The summed E-state index contributed by atoms with van der Waals surface area (Å²) >= 11 is 4.99. The maximum atomic E-state index is 5.59. The van der Waals surface area contributed by atoms with E-state index in [1.807, 2.05) is 24.3 Å². The molecule has 1 aromatic heterocycles. The van der Waals surface area contributed by atoms with Crippen LogP contribution in [0.4, 0.5) is 0 Å². The van der Waals surface area contributed by atoms with Crippen LogP contribution in [0, 0.1) is 4.77 Å². The number of rotatable bonds is 6. The summed E-state index contributed by atoms with van der Waals surface area (Å²) in [4.78, 5) is 0. The largest absolute Gasteiger partial charge is 0.494 e. The van der Waals surface area contributed by atoms with Gasteiger partial charge in [0.25, 0.3) is 0 Å². The van der Waals surface area contributed by atoms with Gasteiger partial charge in [-0.25, -0.2) is 0 Å². The predicted molar refractivity (Wildman–Crippen MR) is 77.2 cm³/mol. The Balaban J connectivity index is 1.97. The lowest BCUT2D eigenvalue weighted by Crippen LogP contribution is -1.96. The fraction of sp³-hybridized carbons (Fsp3) is 0.308. The van der Waals surface area contributed by atoms with Crippen molar-refractivity contribution in [3.63, 3.8) is 0 Å². The molecule has 6 heteroatoms. The number of hydrogen-bond donors (Lipinski definition) is 1. The van der Waals surface area contributed by atoms with Gasteiger partial charge in [-0.1, -0.05) is 13.3 Å². The van der Waals surface area contributed by atoms with Gasteiger partial charge < -0.3 is 4.74 Å². The summed E-state index contributed by atoms with van der Waals surface area (Å²) in [6.45, 7) is 2.90. The molecule has 2 rings (SSSR count). The van der Waals surface area contributed by atoms with Crippen LogP contribution in [0.2, 0.25) is 0 Å². The third kappa shape index (κ3) is 4.03. The Bertz CT molecular complexity index is 585. The van der Waals surface area contributed by atoms with Gasteiger partial charge in [-0.3, -0.25) is 5.10 Å². The van der Waals surface area contributed by atoms with Gasteiger partial charge in [0.1, 0.15) is 12.1 Å². The number of ether oxygens (including phenoxy) is 1. The second-order valence-electron chi connectivity index (χ2n) is 4.02. The van der Waals surface area contributed by atoms with Crippen molar-refractivity contribution in [2.45, 2.75) is 19.8 Å². The number of benzene rings is 1. The van der Waals surface area contributed by atoms with Crippen LogP contribution in [0.1, 0.15) is 25.3 Å². The first kappa shape index (κ1) is 13.5. The highest BCUT2D eigenvalue weighted by Crippen LogP contribution is 2.11. The maximum Gasteiger partial charge on any atom is 0.216 e. The van der Waals surface area contributed by atoms with Crippen molar-refractivity contribution >= 4 is 18.4 Å². The number of nitrogens with one attached hydrogen (secondary N) is 1. The fourth-order valence-corrected chi connectivity index (χ4v) is 1.59. The van der Waals surface area contributed by atoms with E-state index in [2.05, 4.69) is 22.2 Å². The predicted octanol–water partition coefficient (Wildman–Crippen LogP) is 3.00. The van der Waals surface area contributed by atoms with Gasteiger partial charge in [-0.05, 0) is 48.5 Å². The minimum absolute atomic E-state index is 0.468. The first-order valence-corrected chi connectivity index (χ1v) is 6.59. The van der Waals surface area contributed by atoms with Gasteiger partial charge in [0.05, 0.1) is 12.8 Å². The molecule has 0 aliphatic carbocycles. The summed E-state index contributed by atoms with van der Waals surface area (Å²) in [5.74, 6) is 0.880. The molecule has 100 valence electrons. The zero-order valence-electron chi connectivity index (χ0n) is 10.7. The average Bonchev–Trinajstić information content (AvgIpc) is 2.84.